The highest BCUT2D eigenvalue weighted by Crippen LogP contribution is 2.29. The summed E-state index contributed by atoms with van der Waals surface area (Å²) in [5.41, 5.74) is 6.52. The zero-order valence-corrected chi connectivity index (χ0v) is 12.4. The summed E-state index contributed by atoms with van der Waals surface area (Å²) in [6, 6.07) is 2.20. The fourth-order valence-corrected chi connectivity index (χ4v) is 2.88. The van der Waals surface area contributed by atoms with Crippen LogP contribution in [0.3, 0.4) is 0 Å². The predicted octanol–water partition coefficient (Wildman–Crippen LogP) is 2.47. The lowest BCUT2D eigenvalue weighted by molar-refractivity contribution is 0.0602. The molecule has 0 spiro atoms. The van der Waals surface area contributed by atoms with Crippen LogP contribution >= 0.6 is 0 Å². The standard InChI is InChI=1S/C15H23N3O2/c1-10-5-4-6-11(7-10)18(2)14-8-12(15(19)20-3)13(16)9-17-14/h8-11H,4-7,16H2,1-3H3. The lowest BCUT2D eigenvalue weighted by Gasteiger charge is -2.35. The number of ether oxygens (including phenoxy) is 1. The number of rotatable bonds is 3. The molecule has 2 N–H and O–H groups in total. The lowest BCUT2D eigenvalue weighted by Crippen LogP contribution is -2.36. The van der Waals surface area contributed by atoms with Crippen molar-refractivity contribution in [1.29, 1.82) is 0 Å². The van der Waals surface area contributed by atoms with Gasteiger partial charge in [0.05, 0.1) is 24.6 Å². The van der Waals surface area contributed by atoms with Crippen molar-refractivity contribution in [3.63, 3.8) is 0 Å². The number of nitrogens with two attached hydrogens (primary N) is 1. The quantitative estimate of drug-likeness (QED) is 0.860. The maximum absolute atomic E-state index is 11.7. The second-order valence-corrected chi connectivity index (χ2v) is 5.66. The molecule has 20 heavy (non-hydrogen) atoms. The van der Waals surface area contributed by atoms with E-state index in [9.17, 15) is 4.79 Å². The van der Waals surface area contributed by atoms with Gasteiger partial charge in [0.15, 0.2) is 0 Å². The molecule has 1 aliphatic carbocycles. The Bertz CT molecular complexity index is 490. The molecule has 5 heteroatoms. The van der Waals surface area contributed by atoms with Gasteiger partial charge in [0.2, 0.25) is 0 Å². The Morgan fingerprint density at radius 1 is 1.50 bits per heavy atom. The molecule has 1 aliphatic rings. The van der Waals surface area contributed by atoms with E-state index in [-0.39, 0.29) is 0 Å². The molecule has 1 fully saturated rings. The molecule has 0 amide bonds. The first kappa shape index (κ1) is 14.6. The molecule has 0 aliphatic heterocycles. The average Bonchev–Trinajstić information content (AvgIpc) is 2.46. The summed E-state index contributed by atoms with van der Waals surface area (Å²) >= 11 is 0. The highest BCUT2D eigenvalue weighted by molar-refractivity contribution is 5.95. The van der Waals surface area contributed by atoms with E-state index in [1.807, 2.05) is 7.05 Å². The van der Waals surface area contributed by atoms with Crippen LogP contribution in [-0.2, 0) is 4.74 Å². The van der Waals surface area contributed by atoms with Crippen molar-refractivity contribution in [2.75, 3.05) is 24.8 Å². The molecule has 5 nitrogen and oxygen atoms in total. The Hall–Kier alpha value is -1.78. The maximum Gasteiger partial charge on any atom is 0.340 e. The van der Waals surface area contributed by atoms with Crippen molar-refractivity contribution in [3.05, 3.63) is 17.8 Å². The molecule has 0 aromatic carbocycles. The summed E-state index contributed by atoms with van der Waals surface area (Å²) in [4.78, 5) is 18.2. The van der Waals surface area contributed by atoms with Gasteiger partial charge in [-0.3, -0.25) is 0 Å². The molecule has 110 valence electrons. The summed E-state index contributed by atoms with van der Waals surface area (Å²) in [5, 5.41) is 0. The van der Waals surface area contributed by atoms with E-state index in [4.69, 9.17) is 10.5 Å². The zero-order chi connectivity index (χ0) is 14.7. The van der Waals surface area contributed by atoms with Crippen LogP contribution in [0, 0.1) is 5.92 Å². The Morgan fingerprint density at radius 3 is 2.90 bits per heavy atom. The molecule has 0 bridgehead atoms. The number of anilines is 2. The molecule has 2 atom stereocenters. The summed E-state index contributed by atoms with van der Waals surface area (Å²) in [6.45, 7) is 2.29. The van der Waals surface area contributed by atoms with Crippen molar-refractivity contribution < 1.29 is 9.53 Å². The van der Waals surface area contributed by atoms with Gasteiger partial charge >= 0.3 is 5.97 Å². The molecule has 1 aromatic heterocycles. The number of pyridine rings is 1. The van der Waals surface area contributed by atoms with E-state index >= 15 is 0 Å². The fraction of sp³-hybridized carbons (Fsp3) is 0.600. The molecule has 1 aromatic rings. The van der Waals surface area contributed by atoms with Crippen LogP contribution in [0.1, 0.15) is 43.0 Å². The molecule has 1 heterocycles. The van der Waals surface area contributed by atoms with Crippen LogP contribution < -0.4 is 10.6 Å². The SMILES string of the molecule is COC(=O)c1cc(N(C)C2CCCC(C)C2)ncc1N. The molecular formula is C15H23N3O2. The third-order valence-corrected chi connectivity index (χ3v) is 4.14. The second kappa shape index (κ2) is 6.11. The van der Waals surface area contributed by atoms with Crippen molar-refractivity contribution in [1.82, 2.24) is 4.98 Å². The van der Waals surface area contributed by atoms with Crippen LogP contribution in [-0.4, -0.2) is 31.2 Å². The molecule has 0 radical (unpaired) electrons. The highest BCUT2D eigenvalue weighted by Gasteiger charge is 2.24. The highest BCUT2D eigenvalue weighted by atomic mass is 16.5. The first-order valence-corrected chi connectivity index (χ1v) is 7.09. The third-order valence-electron chi connectivity index (χ3n) is 4.14. The first-order chi connectivity index (χ1) is 9.52. The molecule has 2 unspecified atom stereocenters. The number of hydrogen-bond acceptors (Lipinski definition) is 5. The minimum Gasteiger partial charge on any atom is -0.465 e. The minimum atomic E-state index is -0.420. The first-order valence-electron chi connectivity index (χ1n) is 7.09. The van der Waals surface area contributed by atoms with Crippen LogP contribution in [0.15, 0.2) is 12.3 Å². The maximum atomic E-state index is 11.7. The van der Waals surface area contributed by atoms with Gasteiger partial charge in [0, 0.05) is 13.1 Å². The number of methoxy groups -OCH3 is 1. The molecule has 2 rings (SSSR count). The topological polar surface area (TPSA) is 68.5 Å². The van der Waals surface area contributed by atoms with Crippen molar-refractivity contribution in [3.8, 4) is 0 Å². The van der Waals surface area contributed by atoms with Gasteiger partial charge in [0.25, 0.3) is 0 Å². The Kier molecular flexibility index (Phi) is 4.47. The number of nitrogen functional groups attached to an aromatic ring is 1. The Balaban J connectivity index is 2.21. The van der Waals surface area contributed by atoms with E-state index in [0.717, 1.165) is 18.2 Å². The van der Waals surface area contributed by atoms with E-state index in [0.29, 0.717) is 17.3 Å². The Labute approximate surface area is 120 Å². The van der Waals surface area contributed by atoms with Crippen LogP contribution in [0.25, 0.3) is 0 Å². The van der Waals surface area contributed by atoms with Crippen molar-refractivity contribution in [2.24, 2.45) is 5.92 Å². The van der Waals surface area contributed by atoms with Gasteiger partial charge in [-0.1, -0.05) is 19.8 Å². The fourth-order valence-electron chi connectivity index (χ4n) is 2.88. The number of carbonyl (C=O) groups is 1. The smallest absolute Gasteiger partial charge is 0.340 e. The van der Waals surface area contributed by atoms with Crippen LogP contribution in [0.4, 0.5) is 11.5 Å². The van der Waals surface area contributed by atoms with E-state index < -0.39 is 5.97 Å². The van der Waals surface area contributed by atoms with E-state index in [2.05, 4.69) is 16.8 Å². The van der Waals surface area contributed by atoms with E-state index in [1.54, 1.807) is 6.07 Å². The Morgan fingerprint density at radius 2 is 2.25 bits per heavy atom. The summed E-state index contributed by atoms with van der Waals surface area (Å²) in [7, 11) is 3.39. The van der Waals surface area contributed by atoms with Crippen molar-refractivity contribution in [2.45, 2.75) is 38.6 Å². The summed E-state index contributed by atoms with van der Waals surface area (Å²) in [6.07, 6.45) is 6.41. The van der Waals surface area contributed by atoms with Gasteiger partial charge in [-0.05, 0) is 24.8 Å². The minimum absolute atomic E-state index is 0.353. The van der Waals surface area contributed by atoms with Gasteiger partial charge in [0.1, 0.15) is 5.82 Å². The summed E-state index contributed by atoms with van der Waals surface area (Å²) < 4.78 is 4.75. The predicted molar refractivity (Wildman–Crippen MR) is 79.8 cm³/mol. The summed E-state index contributed by atoms with van der Waals surface area (Å²) in [5.74, 6) is 1.10. The van der Waals surface area contributed by atoms with Gasteiger partial charge in [-0.15, -0.1) is 0 Å². The number of carbonyl (C=O) groups excluding carboxylic acids is 1. The average molecular weight is 277 g/mol. The number of esters is 1. The zero-order valence-electron chi connectivity index (χ0n) is 12.4. The normalized spacial score (nSPS) is 22.4. The molecule has 1 saturated carbocycles. The number of aromatic nitrogens is 1. The van der Waals surface area contributed by atoms with Crippen molar-refractivity contribution >= 4 is 17.5 Å². The molecular weight excluding hydrogens is 254 g/mol. The van der Waals surface area contributed by atoms with Gasteiger partial charge in [-0.2, -0.15) is 0 Å². The monoisotopic (exact) mass is 277 g/mol. The number of nitrogens with zero attached hydrogens (tertiary/aromatic N) is 2. The van der Waals surface area contributed by atoms with Crippen LogP contribution in [0.2, 0.25) is 0 Å². The largest absolute Gasteiger partial charge is 0.465 e. The molecule has 0 saturated heterocycles. The van der Waals surface area contributed by atoms with E-state index in [1.165, 1.54) is 32.6 Å². The lowest BCUT2D eigenvalue weighted by atomic mass is 9.86. The number of hydrogen-bond donors (Lipinski definition) is 1. The van der Waals surface area contributed by atoms with Crippen LogP contribution in [0.5, 0.6) is 0 Å². The second-order valence-electron chi connectivity index (χ2n) is 5.66. The third kappa shape index (κ3) is 3.03. The van der Waals surface area contributed by atoms with Gasteiger partial charge < -0.3 is 15.4 Å². The van der Waals surface area contributed by atoms with Gasteiger partial charge in [-0.25, -0.2) is 9.78 Å².